The summed E-state index contributed by atoms with van der Waals surface area (Å²) in [6.07, 6.45) is 0. The van der Waals surface area contributed by atoms with E-state index in [4.69, 9.17) is 4.52 Å². The van der Waals surface area contributed by atoms with Gasteiger partial charge in [0.2, 0.25) is 0 Å². The van der Waals surface area contributed by atoms with Crippen molar-refractivity contribution in [3.63, 3.8) is 0 Å². The van der Waals surface area contributed by atoms with E-state index in [1.165, 1.54) is 11.3 Å². The van der Waals surface area contributed by atoms with E-state index in [9.17, 15) is 4.79 Å². The first-order valence-corrected chi connectivity index (χ1v) is 7.64. The highest BCUT2D eigenvalue weighted by molar-refractivity contribution is 7.17. The maximum atomic E-state index is 12.3. The molecule has 0 atom stereocenters. The van der Waals surface area contributed by atoms with E-state index in [0.717, 1.165) is 27.6 Å². The van der Waals surface area contributed by atoms with Crippen LogP contribution in [-0.4, -0.2) is 16.0 Å². The molecule has 1 amide bonds. The molecule has 0 spiro atoms. The minimum absolute atomic E-state index is 0.166. The second-order valence-corrected chi connectivity index (χ2v) is 6.07. The third-order valence-corrected chi connectivity index (χ3v) is 4.34. The molecule has 3 aromatic heterocycles. The fraction of sp³-hybridized carbons (Fsp3) is 0.188. The van der Waals surface area contributed by atoms with Crippen LogP contribution in [0.15, 0.2) is 34.9 Å². The largest absolute Gasteiger partial charge is 0.361 e. The Bertz CT molecular complexity index is 816. The Morgan fingerprint density at radius 3 is 2.68 bits per heavy atom. The van der Waals surface area contributed by atoms with Crippen molar-refractivity contribution in [2.45, 2.75) is 20.8 Å². The van der Waals surface area contributed by atoms with Gasteiger partial charge in [0, 0.05) is 10.6 Å². The van der Waals surface area contributed by atoms with E-state index < -0.39 is 0 Å². The summed E-state index contributed by atoms with van der Waals surface area (Å²) < 4.78 is 5.17. The first-order valence-electron chi connectivity index (χ1n) is 6.82. The van der Waals surface area contributed by atoms with Gasteiger partial charge in [0.05, 0.1) is 16.1 Å². The second-order valence-electron chi connectivity index (χ2n) is 4.98. The highest BCUT2D eigenvalue weighted by Crippen LogP contribution is 2.33. The van der Waals surface area contributed by atoms with E-state index in [2.05, 4.69) is 15.5 Å². The van der Waals surface area contributed by atoms with Gasteiger partial charge in [-0.2, -0.15) is 0 Å². The molecule has 0 unspecified atom stereocenters. The number of aryl methyl sites for hydroxylation is 3. The summed E-state index contributed by atoms with van der Waals surface area (Å²) in [4.78, 5) is 18.2. The van der Waals surface area contributed by atoms with Crippen LogP contribution in [0.2, 0.25) is 0 Å². The predicted molar refractivity (Wildman–Crippen MR) is 86.2 cm³/mol. The van der Waals surface area contributed by atoms with Crippen LogP contribution in [0.25, 0.3) is 10.4 Å². The lowest BCUT2D eigenvalue weighted by molar-refractivity contribution is 0.103. The summed E-state index contributed by atoms with van der Waals surface area (Å²) in [6.45, 7) is 5.64. The molecule has 0 aromatic carbocycles. The Morgan fingerprint density at radius 1 is 1.18 bits per heavy atom. The zero-order valence-corrected chi connectivity index (χ0v) is 13.3. The number of rotatable bonds is 3. The molecule has 0 bridgehead atoms. The molecule has 3 aromatic rings. The van der Waals surface area contributed by atoms with Gasteiger partial charge in [-0.25, -0.2) is 4.98 Å². The topological polar surface area (TPSA) is 68.0 Å². The standard InChI is InChI=1S/C16H15N3O2S/c1-9-5-4-6-14(17-9)18-16(20)13-8-7-12(22-13)15-10(2)19-21-11(15)3/h4-8H,1-3H3,(H,17,18,20). The van der Waals surface area contributed by atoms with Crippen LogP contribution in [-0.2, 0) is 0 Å². The third-order valence-electron chi connectivity index (χ3n) is 3.24. The van der Waals surface area contributed by atoms with Gasteiger partial charge in [0.15, 0.2) is 0 Å². The smallest absolute Gasteiger partial charge is 0.266 e. The van der Waals surface area contributed by atoms with Gasteiger partial charge >= 0.3 is 0 Å². The quantitative estimate of drug-likeness (QED) is 0.794. The first-order chi connectivity index (χ1) is 10.5. The molecule has 0 saturated carbocycles. The van der Waals surface area contributed by atoms with Gasteiger partial charge in [-0.05, 0) is 45.0 Å². The van der Waals surface area contributed by atoms with Crippen molar-refractivity contribution in [3.8, 4) is 10.4 Å². The number of hydrogen-bond acceptors (Lipinski definition) is 5. The number of nitrogens with zero attached hydrogens (tertiary/aromatic N) is 2. The van der Waals surface area contributed by atoms with Gasteiger partial charge in [-0.1, -0.05) is 11.2 Å². The van der Waals surface area contributed by atoms with E-state index >= 15 is 0 Å². The number of aromatic nitrogens is 2. The highest BCUT2D eigenvalue weighted by Gasteiger charge is 2.16. The van der Waals surface area contributed by atoms with Crippen LogP contribution in [0, 0.1) is 20.8 Å². The van der Waals surface area contributed by atoms with Crippen molar-refractivity contribution in [1.82, 2.24) is 10.1 Å². The molecule has 0 radical (unpaired) electrons. The van der Waals surface area contributed by atoms with Crippen molar-refractivity contribution in [2.75, 3.05) is 5.32 Å². The fourth-order valence-electron chi connectivity index (χ4n) is 2.22. The normalized spacial score (nSPS) is 10.7. The predicted octanol–water partition coefficient (Wildman–Crippen LogP) is 3.98. The number of nitrogens with one attached hydrogen (secondary N) is 1. The summed E-state index contributed by atoms with van der Waals surface area (Å²) in [6, 6.07) is 9.23. The molecule has 0 aliphatic heterocycles. The summed E-state index contributed by atoms with van der Waals surface area (Å²) >= 11 is 1.41. The van der Waals surface area contributed by atoms with Crippen LogP contribution in [0.3, 0.4) is 0 Å². The van der Waals surface area contributed by atoms with Crippen LogP contribution < -0.4 is 5.32 Å². The Labute approximate surface area is 132 Å². The molecule has 0 saturated heterocycles. The van der Waals surface area contributed by atoms with Crippen molar-refractivity contribution < 1.29 is 9.32 Å². The monoisotopic (exact) mass is 313 g/mol. The second kappa shape index (κ2) is 5.73. The Balaban J connectivity index is 1.83. The average molecular weight is 313 g/mol. The number of carbonyl (C=O) groups is 1. The van der Waals surface area contributed by atoms with Gasteiger partial charge in [0.1, 0.15) is 11.6 Å². The molecule has 1 N–H and O–H groups in total. The van der Waals surface area contributed by atoms with E-state index in [1.54, 1.807) is 12.1 Å². The molecule has 112 valence electrons. The molecular formula is C16H15N3O2S. The maximum Gasteiger partial charge on any atom is 0.266 e. The summed E-state index contributed by atoms with van der Waals surface area (Å²) in [7, 11) is 0. The molecule has 0 aliphatic carbocycles. The number of thiophene rings is 1. The van der Waals surface area contributed by atoms with Crippen molar-refractivity contribution in [2.24, 2.45) is 0 Å². The number of pyridine rings is 1. The van der Waals surface area contributed by atoms with Crippen LogP contribution in [0.4, 0.5) is 5.82 Å². The van der Waals surface area contributed by atoms with Gasteiger partial charge < -0.3 is 9.84 Å². The minimum atomic E-state index is -0.166. The van der Waals surface area contributed by atoms with Crippen molar-refractivity contribution in [1.29, 1.82) is 0 Å². The molecule has 3 rings (SSSR count). The summed E-state index contributed by atoms with van der Waals surface area (Å²) in [5.41, 5.74) is 2.64. The number of amides is 1. The summed E-state index contributed by atoms with van der Waals surface area (Å²) in [5.74, 6) is 1.14. The lowest BCUT2D eigenvalue weighted by Gasteiger charge is -2.03. The molecule has 3 heterocycles. The molecular weight excluding hydrogens is 298 g/mol. The number of carbonyl (C=O) groups excluding carboxylic acids is 1. The van der Waals surface area contributed by atoms with Crippen LogP contribution in [0.1, 0.15) is 26.8 Å². The molecule has 5 nitrogen and oxygen atoms in total. The van der Waals surface area contributed by atoms with E-state index in [0.29, 0.717) is 10.7 Å². The van der Waals surface area contributed by atoms with E-state index in [-0.39, 0.29) is 5.91 Å². The first kappa shape index (κ1) is 14.5. The van der Waals surface area contributed by atoms with Crippen LogP contribution in [0.5, 0.6) is 0 Å². The van der Waals surface area contributed by atoms with Gasteiger partial charge in [0.25, 0.3) is 5.91 Å². The van der Waals surface area contributed by atoms with E-state index in [1.807, 2.05) is 39.0 Å². The maximum absolute atomic E-state index is 12.3. The van der Waals surface area contributed by atoms with Crippen LogP contribution >= 0.6 is 11.3 Å². The molecule has 6 heteroatoms. The zero-order chi connectivity index (χ0) is 15.7. The van der Waals surface area contributed by atoms with Crippen molar-refractivity contribution >= 4 is 23.1 Å². The molecule has 0 aliphatic rings. The number of hydrogen-bond donors (Lipinski definition) is 1. The molecule has 0 fully saturated rings. The lowest BCUT2D eigenvalue weighted by atomic mass is 10.2. The van der Waals surface area contributed by atoms with Crippen molar-refractivity contribution in [3.05, 3.63) is 52.4 Å². The average Bonchev–Trinajstić information content (AvgIpc) is 3.06. The fourth-order valence-corrected chi connectivity index (χ4v) is 3.27. The number of anilines is 1. The SMILES string of the molecule is Cc1cccc(NC(=O)c2ccc(-c3c(C)noc3C)s2)n1. The summed E-state index contributed by atoms with van der Waals surface area (Å²) in [5, 5.41) is 6.75. The Morgan fingerprint density at radius 2 is 2.00 bits per heavy atom. The van der Waals surface area contributed by atoms with Gasteiger partial charge in [-0.3, -0.25) is 4.79 Å². The highest BCUT2D eigenvalue weighted by atomic mass is 32.1. The Hall–Kier alpha value is -2.47. The Kier molecular flexibility index (Phi) is 3.77. The van der Waals surface area contributed by atoms with Gasteiger partial charge in [-0.15, -0.1) is 11.3 Å². The third kappa shape index (κ3) is 2.78. The molecule has 22 heavy (non-hydrogen) atoms. The minimum Gasteiger partial charge on any atom is -0.361 e. The zero-order valence-electron chi connectivity index (χ0n) is 12.5. The lowest BCUT2D eigenvalue weighted by Crippen LogP contribution is -2.11.